The van der Waals surface area contributed by atoms with Crippen LogP contribution < -0.4 is 0 Å². The van der Waals surface area contributed by atoms with Crippen molar-refractivity contribution in [1.82, 2.24) is 0 Å². The molecule has 1 saturated carbocycles. The van der Waals surface area contributed by atoms with Crippen LogP contribution in [0.4, 0.5) is 0 Å². The second kappa shape index (κ2) is 3.35. The fourth-order valence-electron chi connectivity index (χ4n) is 2.40. The van der Waals surface area contributed by atoms with Crippen molar-refractivity contribution in [2.45, 2.75) is 12.3 Å². The average Bonchev–Trinajstić information content (AvgIpc) is 3.07. The molecule has 76 valence electrons. The third kappa shape index (κ3) is 1.44. The van der Waals surface area contributed by atoms with E-state index < -0.39 is 0 Å². The molecule has 0 aromatic heterocycles. The van der Waals surface area contributed by atoms with E-state index >= 15 is 0 Å². The van der Waals surface area contributed by atoms with Gasteiger partial charge in [-0.1, -0.05) is 42.5 Å². The van der Waals surface area contributed by atoms with Crippen LogP contribution in [-0.2, 0) is 0 Å². The minimum Gasteiger partial charge on any atom is -0.396 e. The van der Waals surface area contributed by atoms with Gasteiger partial charge in [0.1, 0.15) is 0 Å². The van der Waals surface area contributed by atoms with Gasteiger partial charge in [-0.3, -0.25) is 0 Å². The summed E-state index contributed by atoms with van der Waals surface area (Å²) in [5, 5.41) is 11.8. The molecule has 0 bridgehead atoms. The predicted octanol–water partition coefficient (Wildman–Crippen LogP) is 2.94. The lowest BCUT2D eigenvalue weighted by Gasteiger charge is -2.05. The summed E-state index contributed by atoms with van der Waals surface area (Å²) in [6.45, 7) is 0.327. The number of aliphatic hydroxyl groups is 1. The van der Waals surface area contributed by atoms with Gasteiger partial charge in [-0.2, -0.15) is 0 Å². The van der Waals surface area contributed by atoms with Gasteiger partial charge in [0.05, 0.1) is 0 Å². The Balaban J connectivity index is 2.11. The smallest absolute Gasteiger partial charge is 0.0465 e. The van der Waals surface area contributed by atoms with Crippen LogP contribution in [0.25, 0.3) is 10.8 Å². The molecule has 1 heteroatoms. The summed E-state index contributed by atoms with van der Waals surface area (Å²) >= 11 is 0. The monoisotopic (exact) mass is 198 g/mol. The summed E-state index contributed by atoms with van der Waals surface area (Å²) in [6.07, 6.45) is 1.14. The first kappa shape index (κ1) is 8.93. The average molecular weight is 198 g/mol. The van der Waals surface area contributed by atoms with Crippen LogP contribution in [0.2, 0.25) is 0 Å². The molecule has 0 radical (unpaired) electrons. The molecular weight excluding hydrogens is 184 g/mol. The van der Waals surface area contributed by atoms with E-state index in [9.17, 15) is 0 Å². The van der Waals surface area contributed by atoms with Crippen LogP contribution in [0.15, 0.2) is 42.5 Å². The zero-order valence-corrected chi connectivity index (χ0v) is 8.56. The highest BCUT2D eigenvalue weighted by Crippen LogP contribution is 2.48. The van der Waals surface area contributed by atoms with Gasteiger partial charge >= 0.3 is 0 Å². The zero-order valence-electron chi connectivity index (χ0n) is 8.56. The second-order valence-corrected chi connectivity index (χ2v) is 4.35. The molecule has 0 amide bonds. The molecule has 1 nitrogen and oxygen atoms in total. The topological polar surface area (TPSA) is 20.2 Å². The highest BCUT2D eigenvalue weighted by atomic mass is 16.3. The highest BCUT2D eigenvalue weighted by Gasteiger charge is 2.38. The lowest BCUT2D eigenvalue weighted by atomic mass is 10.0. The first-order valence-corrected chi connectivity index (χ1v) is 5.48. The van der Waals surface area contributed by atoms with E-state index in [1.54, 1.807) is 0 Å². The predicted molar refractivity (Wildman–Crippen MR) is 61.9 cm³/mol. The maximum atomic E-state index is 9.11. The van der Waals surface area contributed by atoms with Crippen molar-refractivity contribution < 1.29 is 5.11 Å². The molecule has 2 atom stereocenters. The van der Waals surface area contributed by atoms with Gasteiger partial charge in [-0.15, -0.1) is 0 Å². The molecule has 0 saturated heterocycles. The summed E-state index contributed by atoms with van der Waals surface area (Å²) in [7, 11) is 0. The van der Waals surface area contributed by atoms with Crippen molar-refractivity contribution >= 4 is 10.8 Å². The standard InChI is InChI=1S/C14H14O/c15-9-11-8-14(11)13-7-3-5-10-4-1-2-6-12(10)13/h1-7,11,14-15H,8-9H2. The van der Waals surface area contributed by atoms with Gasteiger partial charge in [0.25, 0.3) is 0 Å². The Morgan fingerprint density at radius 3 is 2.67 bits per heavy atom. The Morgan fingerprint density at radius 2 is 1.87 bits per heavy atom. The van der Waals surface area contributed by atoms with E-state index in [-0.39, 0.29) is 0 Å². The third-order valence-corrected chi connectivity index (χ3v) is 3.38. The van der Waals surface area contributed by atoms with E-state index in [2.05, 4.69) is 42.5 Å². The number of aliphatic hydroxyl groups excluding tert-OH is 1. The molecule has 1 aliphatic carbocycles. The third-order valence-electron chi connectivity index (χ3n) is 3.38. The quantitative estimate of drug-likeness (QED) is 0.786. The molecule has 1 N–H and O–H groups in total. The van der Waals surface area contributed by atoms with Gasteiger partial charge < -0.3 is 5.11 Å². The molecule has 0 spiro atoms. The largest absolute Gasteiger partial charge is 0.396 e. The highest BCUT2D eigenvalue weighted by molar-refractivity contribution is 5.86. The minimum absolute atomic E-state index is 0.327. The van der Waals surface area contributed by atoms with Gasteiger partial charge in [0.15, 0.2) is 0 Å². The molecule has 0 heterocycles. The Kier molecular flexibility index (Phi) is 2.00. The fraction of sp³-hybridized carbons (Fsp3) is 0.286. The normalized spacial score (nSPS) is 24.3. The molecule has 1 fully saturated rings. The van der Waals surface area contributed by atoms with Crippen molar-refractivity contribution in [3.05, 3.63) is 48.0 Å². The Labute approximate surface area is 89.4 Å². The van der Waals surface area contributed by atoms with Crippen LogP contribution in [0.1, 0.15) is 17.9 Å². The fourth-order valence-corrected chi connectivity index (χ4v) is 2.40. The SMILES string of the molecule is OCC1CC1c1cccc2ccccc12. The van der Waals surface area contributed by atoms with E-state index in [0.29, 0.717) is 18.4 Å². The van der Waals surface area contributed by atoms with Crippen LogP contribution in [0.3, 0.4) is 0 Å². The number of benzene rings is 2. The van der Waals surface area contributed by atoms with E-state index in [1.807, 2.05) is 0 Å². The number of fused-ring (bicyclic) bond motifs is 1. The summed E-state index contributed by atoms with van der Waals surface area (Å²) < 4.78 is 0. The van der Waals surface area contributed by atoms with Crippen molar-refractivity contribution in [3.63, 3.8) is 0 Å². The van der Waals surface area contributed by atoms with E-state index in [0.717, 1.165) is 6.42 Å². The molecular formula is C14H14O. The summed E-state index contributed by atoms with van der Waals surface area (Å²) in [5.74, 6) is 1.08. The first-order chi connectivity index (χ1) is 7.40. The molecule has 1 aliphatic rings. The number of hydrogen-bond donors (Lipinski definition) is 1. The summed E-state index contributed by atoms with van der Waals surface area (Å²) in [5.41, 5.74) is 1.41. The van der Waals surface area contributed by atoms with Crippen molar-refractivity contribution in [2.24, 2.45) is 5.92 Å². The van der Waals surface area contributed by atoms with E-state index in [1.165, 1.54) is 16.3 Å². The summed E-state index contributed by atoms with van der Waals surface area (Å²) in [4.78, 5) is 0. The van der Waals surface area contributed by atoms with Crippen LogP contribution >= 0.6 is 0 Å². The van der Waals surface area contributed by atoms with Gasteiger partial charge in [0, 0.05) is 6.61 Å². The van der Waals surface area contributed by atoms with E-state index in [4.69, 9.17) is 5.11 Å². The van der Waals surface area contributed by atoms with Crippen LogP contribution in [0, 0.1) is 5.92 Å². The van der Waals surface area contributed by atoms with Gasteiger partial charge in [-0.05, 0) is 34.6 Å². The Morgan fingerprint density at radius 1 is 1.07 bits per heavy atom. The maximum Gasteiger partial charge on any atom is 0.0465 e. The second-order valence-electron chi connectivity index (χ2n) is 4.35. The molecule has 2 aromatic carbocycles. The van der Waals surface area contributed by atoms with Crippen LogP contribution in [-0.4, -0.2) is 11.7 Å². The number of hydrogen-bond acceptors (Lipinski definition) is 1. The minimum atomic E-state index is 0.327. The lowest BCUT2D eigenvalue weighted by Crippen LogP contribution is -1.89. The number of rotatable bonds is 2. The lowest BCUT2D eigenvalue weighted by molar-refractivity contribution is 0.274. The first-order valence-electron chi connectivity index (χ1n) is 5.48. The molecule has 2 aromatic rings. The molecule has 0 aliphatic heterocycles. The van der Waals surface area contributed by atoms with Crippen molar-refractivity contribution in [2.75, 3.05) is 6.61 Å². The Hall–Kier alpha value is -1.34. The van der Waals surface area contributed by atoms with Gasteiger partial charge in [-0.25, -0.2) is 0 Å². The zero-order chi connectivity index (χ0) is 10.3. The van der Waals surface area contributed by atoms with Crippen LogP contribution in [0.5, 0.6) is 0 Å². The van der Waals surface area contributed by atoms with Crippen molar-refractivity contribution in [1.29, 1.82) is 0 Å². The summed E-state index contributed by atoms with van der Waals surface area (Å²) in [6, 6.07) is 14.9. The van der Waals surface area contributed by atoms with Gasteiger partial charge in [0.2, 0.25) is 0 Å². The Bertz CT molecular complexity index is 484. The molecule has 2 unspecified atom stereocenters. The molecule has 15 heavy (non-hydrogen) atoms. The maximum absolute atomic E-state index is 9.11. The molecule has 3 rings (SSSR count). The van der Waals surface area contributed by atoms with Crippen molar-refractivity contribution in [3.8, 4) is 0 Å².